The quantitative estimate of drug-likeness (QED) is 0.520. The lowest BCUT2D eigenvalue weighted by Crippen LogP contribution is -3.32. The molecule has 7 nitrogen and oxygen atoms in total. The van der Waals surface area contributed by atoms with E-state index in [0.717, 1.165) is 58.2 Å². The summed E-state index contributed by atoms with van der Waals surface area (Å²) in [4.78, 5) is 13.9. The summed E-state index contributed by atoms with van der Waals surface area (Å²) in [6.07, 6.45) is 0.0781. The van der Waals surface area contributed by atoms with Crippen molar-refractivity contribution >= 4 is 5.69 Å². The molecule has 1 aromatic rings. The highest BCUT2D eigenvalue weighted by molar-refractivity contribution is 5.40. The Kier molecular flexibility index (Phi) is 4.99. The Labute approximate surface area is 129 Å². The molecule has 0 radical (unpaired) electrons. The average molecular weight is 309 g/mol. The van der Waals surface area contributed by atoms with Crippen molar-refractivity contribution in [2.24, 2.45) is 0 Å². The maximum absolute atomic E-state index is 11.4. The summed E-state index contributed by atoms with van der Waals surface area (Å²) in [5.74, 6) is 0. The van der Waals surface area contributed by atoms with Crippen LogP contribution in [-0.4, -0.2) is 57.5 Å². The number of ether oxygens (including phenoxy) is 2. The molecule has 2 saturated heterocycles. The molecule has 0 atom stereocenters. The van der Waals surface area contributed by atoms with Gasteiger partial charge in [0.25, 0.3) is 5.69 Å². The highest BCUT2D eigenvalue weighted by Gasteiger charge is 2.39. The zero-order valence-corrected chi connectivity index (χ0v) is 12.6. The van der Waals surface area contributed by atoms with E-state index in [1.165, 1.54) is 9.80 Å². The lowest BCUT2D eigenvalue weighted by molar-refractivity contribution is -1.14. The molecule has 0 aliphatic carbocycles. The summed E-state index contributed by atoms with van der Waals surface area (Å²) in [7, 11) is 0. The van der Waals surface area contributed by atoms with Crippen molar-refractivity contribution in [3.05, 3.63) is 39.9 Å². The normalized spacial score (nSPS) is 21.1. The van der Waals surface area contributed by atoms with Gasteiger partial charge in [0.2, 0.25) is 6.17 Å². The van der Waals surface area contributed by atoms with Crippen LogP contribution in [0.5, 0.6) is 0 Å². The molecule has 120 valence electrons. The van der Waals surface area contributed by atoms with E-state index in [4.69, 9.17) is 9.47 Å². The monoisotopic (exact) mass is 309 g/mol. The minimum atomic E-state index is -0.262. The molecule has 0 saturated carbocycles. The van der Waals surface area contributed by atoms with Gasteiger partial charge >= 0.3 is 0 Å². The molecule has 22 heavy (non-hydrogen) atoms. The number of rotatable bonds is 4. The molecule has 2 fully saturated rings. The second kappa shape index (κ2) is 7.15. The third-order valence-corrected chi connectivity index (χ3v) is 4.53. The van der Waals surface area contributed by atoms with Crippen LogP contribution in [0, 0.1) is 10.1 Å². The van der Waals surface area contributed by atoms with Gasteiger partial charge in [0.1, 0.15) is 31.7 Å². The van der Waals surface area contributed by atoms with Crippen molar-refractivity contribution in [2.75, 3.05) is 52.6 Å². The van der Waals surface area contributed by atoms with E-state index in [9.17, 15) is 10.1 Å². The van der Waals surface area contributed by atoms with Crippen LogP contribution >= 0.6 is 0 Å². The minimum Gasteiger partial charge on any atom is -0.370 e. The summed E-state index contributed by atoms with van der Waals surface area (Å²) in [5, 5.41) is 11.4. The SMILES string of the molecule is O=[N+]([O-])c1ccccc1C([NH+]1CCOCC1)[NH+]1CCOCC1. The van der Waals surface area contributed by atoms with Crippen molar-refractivity contribution in [3.63, 3.8) is 0 Å². The molecule has 3 rings (SSSR count). The Hall–Kier alpha value is -1.54. The summed E-state index contributed by atoms with van der Waals surface area (Å²) in [6, 6.07) is 7.16. The number of quaternary nitrogens is 2. The number of para-hydroxylation sites is 1. The number of benzene rings is 1. The lowest BCUT2D eigenvalue weighted by atomic mass is 10.1. The van der Waals surface area contributed by atoms with Crippen molar-refractivity contribution in [2.45, 2.75) is 6.17 Å². The molecule has 2 aliphatic rings. The standard InChI is InChI=1S/C15H21N3O4/c19-18(20)14-4-2-1-3-13(14)15(16-5-9-21-10-6-16)17-7-11-22-12-8-17/h1-4,15H,5-12H2/p+2. The molecular weight excluding hydrogens is 286 g/mol. The van der Waals surface area contributed by atoms with E-state index in [2.05, 4.69) is 0 Å². The molecule has 0 aromatic heterocycles. The van der Waals surface area contributed by atoms with E-state index in [-0.39, 0.29) is 16.8 Å². The van der Waals surface area contributed by atoms with Crippen molar-refractivity contribution in [1.29, 1.82) is 0 Å². The number of nitrogens with zero attached hydrogens (tertiary/aromatic N) is 1. The fourth-order valence-electron chi connectivity index (χ4n) is 3.47. The van der Waals surface area contributed by atoms with Gasteiger partial charge in [-0.2, -0.15) is 0 Å². The Balaban J connectivity index is 1.95. The van der Waals surface area contributed by atoms with Gasteiger partial charge in [-0.3, -0.25) is 19.9 Å². The van der Waals surface area contributed by atoms with Gasteiger partial charge in [-0.05, 0) is 6.07 Å². The molecule has 1 aromatic carbocycles. The second-order valence-electron chi connectivity index (χ2n) is 5.79. The van der Waals surface area contributed by atoms with E-state index in [0.29, 0.717) is 0 Å². The Morgan fingerprint density at radius 2 is 1.45 bits per heavy atom. The zero-order chi connectivity index (χ0) is 15.4. The zero-order valence-electron chi connectivity index (χ0n) is 12.6. The maximum Gasteiger partial charge on any atom is 0.285 e. The highest BCUT2D eigenvalue weighted by Crippen LogP contribution is 2.20. The Morgan fingerprint density at radius 3 is 1.95 bits per heavy atom. The van der Waals surface area contributed by atoms with Crippen LogP contribution in [0.4, 0.5) is 5.69 Å². The third-order valence-electron chi connectivity index (χ3n) is 4.53. The fraction of sp³-hybridized carbons (Fsp3) is 0.600. The largest absolute Gasteiger partial charge is 0.370 e. The fourth-order valence-corrected chi connectivity index (χ4v) is 3.47. The van der Waals surface area contributed by atoms with Crippen molar-refractivity contribution in [1.82, 2.24) is 0 Å². The van der Waals surface area contributed by atoms with Crippen LogP contribution in [0.1, 0.15) is 11.7 Å². The van der Waals surface area contributed by atoms with Crippen LogP contribution in [0.2, 0.25) is 0 Å². The van der Waals surface area contributed by atoms with Gasteiger partial charge in [-0.25, -0.2) is 0 Å². The molecule has 2 heterocycles. The summed E-state index contributed by atoms with van der Waals surface area (Å²) in [5.41, 5.74) is 1.06. The predicted octanol–water partition coefficient (Wildman–Crippen LogP) is -1.58. The summed E-state index contributed by atoms with van der Waals surface area (Å²) < 4.78 is 10.9. The van der Waals surface area contributed by atoms with E-state index >= 15 is 0 Å². The topological polar surface area (TPSA) is 70.5 Å². The highest BCUT2D eigenvalue weighted by atomic mass is 16.6. The first-order chi connectivity index (χ1) is 10.8. The summed E-state index contributed by atoms with van der Waals surface area (Å²) >= 11 is 0. The smallest absolute Gasteiger partial charge is 0.285 e. The number of morpholine rings is 2. The Bertz CT molecular complexity index is 495. The van der Waals surface area contributed by atoms with Crippen molar-refractivity contribution < 1.29 is 24.2 Å². The lowest BCUT2D eigenvalue weighted by Gasteiger charge is -2.37. The van der Waals surface area contributed by atoms with Gasteiger partial charge in [0.05, 0.1) is 31.4 Å². The summed E-state index contributed by atoms with van der Waals surface area (Å²) in [6.45, 7) is 6.43. The first-order valence-corrected chi connectivity index (χ1v) is 7.85. The van der Waals surface area contributed by atoms with Crippen LogP contribution in [0.15, 0.2) is 24.3 Å². The number of hydrogen-bond acceptors (Lipinski definition) is 4. The van der Waals surface area contributed by atoms with Gasteiger partial charge in [-0.1, -0.05) is 12.1 Å². The minimum absolute atomic E-state index is 0.0781. The number of nitrogens with one attached hydrogen (secondary N) is 2. The average Bonchev–Trinajstić information content (AvgIpc) is 2.57. The molecule has 2 N–H and O–H groups in total. The van der Waals surface area contributed by atoms with E-state index in [1.807, 2.05) is 12.1 Å². The molecule has 7 heteroatoms. The van der Waals surface area contributed by atoms with Gasteiger partial charge in [0, 0.05) is 6.07 Å². The van der Waals surface area contributed by atoms with Gasteiger partial charge in [-0.15, -0.1) is 0 Å². The number of nitro groups is 1. The van der Waals surface area contributed by atoms with Gasteiger partial charge in [0.15, 0.2) is 0 Å². The number of nitro benzene ring substituents is 1. The molecule has 0 amide bonds. The van der Waals surface area contributed by atoms with Crippen molar-refractivity contribution in [3.8, 4) is 0 Å². The third kappa shape index (κ3) is 3.27. The molecule has 0 bridgehead atoms. The van der Waals surface area contributed by atoms with E-state index in [1.54, 1.807) is 12.1 Å². The van der Waals surface area contributed by atoms with Crippen LogP contribution in [0.3, 0.4) is 0 Å². The molecular formula is C15H23N3O4+2. The van der Waals surface area contributed by atoms with Crippen LogP contribution < -0.4 is 9.80 Å². The maximum atomic E-state index is 11.4. The second-order valence-corrected chi connectivity index (χ2v) is 5.79. The van der Waals surface area contributed by atoms with E-state index < -0.39 is 0 Å². The predicted molar refractivity (Wildman–Crippen MR) is 78.9 cm³/mol. The first-order valence-electron chi connectivity index (χ1n) is 7.85. The van der Waals surface area contributed by atoms with Crippen LogP contribution in [0.25, 0.3) is 0 Å². The molecule has 0 unspecified atom stereocenters. The number of hydrogen-bond donors (Lipinski definition) is 2. The van der Waals surface area contributed by atoms with Gasteiger partial charge < -0.3 is 9.47 Å². The van der Waals surface area contributed by atoms with Crippen LogP contribution in [-0.2, 0) is 9.47 Å². The first kappa shape index (κ1) is 15.4. The molecule has 2 aliphatic heterocycles. The molecule has 0 spiro atoms. The Morgan fingerprint density at radius 1 is 0.955 bits per heavy atom.